The summed E-state index contributed by atoms with van der Waals surface area (Å²) in [4.78, 5) is 0. The van der Waals surface area contributed by atoms with Gasteiger partial charge in [-0.25, -0.2) is 0 Å². The molecule has 2 nitrogen and oxygen atoms in total. The molecule has 1 aliphatic carbocycles. The minimum atomic E-state index is -0.326. The smallest absolute Gasteiger partial charge is 0.0991 e. The highest BCUT2D eigenvalue weighted by molar-refractivity contribution is 5.32. The molecular formula is C11H11NO. The van der Waals surface area contributed by atoms with Crippen molar-refractivity contribution in [2.75, 3.05) is 0 Å². The zero-order valence-electron chi connectivity index (χ0n) is 7.27. The van der Waals surface area contributed by atoms with E-state index < -0.39 is 0 Å². The van der Waals surface area contributed by atoms with Crippen LogP contribution in [0.3, 0.4) is 0 Å². The minimum absolute atomic E-state index is 0.326. The van der Waals surface area contributed by atoms with E-state index in [2.05, 4.69) is 6.07 Å². The predicted molar refractivity (Wildman–Crippen MR) is 48.8 cm³/mol. The van der Waals surface area contributed by atoms with E-state index in [0.717, 1.165) is 18.4 Å². The molecule has 2 heteroatoms. The van der Waals surface area contributed by atoms with E-state index in [1.165, 1.54) is 0 Å². The Balaban J connectivity index is 2.17. The van der Waals surface area contributed by atoms with Gasteiger partial charge < -0.3 is 5.11 Å². The molecule has 13 heavy (non-hydrogen) atoms. The monoisotopic (exact) mass is 173 g/mol. The Morgan fingerprint density at radius 1 is 1.31 bits per heavy atom. The minimum Gasteiger partial charge on any atom is -0.388 e. The van der Waals surface area contributed by atoms with E-state index in [1.54, 1.807) is 12.1 Å². The standard InChI is InChI=1S/C11H11NO/c12-7-8-1-3-9(4-2-8)11(13)10-5-6-10/h1-4,10-11,13H,5-6H2. The third kappa shape index (κ3) is 1.71. The fraction of sp³-hybridized carbons (Fsp3) is 0.364. The summed E-state index contributed by atoms with van der Waals surface area (Å²) in [7, 11) is 0. The molecule has 1 saturated carbocycles. The Morgan fingerprint density at radius 3 is 2.38 bits per heavy atom. The molecule has 0 saturated heterocycles. The van der Waals surface area contributed by atoms with Crippen molar-refractivity contribution >= 4 is 0 Å². The van der Waals surface area contributed by atoms with Crippen molar-refractivity contribution in [3.8, 4) is 6.07 Å². The van der Waals surface area contributed by atoms with Crippen LogP contribution < -0.4 is 0 Å². The molecule has 1 atom stereocenters. The molecule has 0 spiro atoms. The Hall–Kier alpha value is -1.33. The molecule has 0 aliphatic heterocycles. The molecule has 0 aromatic heterocycles. The highest BCUT2D eigenvalue weighted by Gasteiger charge is 2.30. The number of aliphatic hydroxyl groups excluding tert-OH is 1. The van der Waals surface area contributed by atoms with Gasteiger partial charge in [-0.05, 0) is 36.5 Å². The second kappa shape index (κ2) is 3.20. The highest BCUT2D eigenvalue weighted by atomic mass is 16.3. The molecule has 1 unspecified atom stereocenters. The quantitative estimate of drug-likeness (QED) is 0.743. The van der Waals surface area contributed by atoms with Gasteiger partial charge in [0.2, 0.25) is 0 Å². The molecule has 2 rings (SSSR count). The number of benzene rings is 1. The first-order valence-electron chi connectivity index (χ1n) is 4.49. The van der Waals surface area contributed by atoms with Gasteiger partial charge in [0.25, 0.3) is 0 Å². The van der Waals surface area contributed by atoms with Crippen LogP contribution in [0.15, 0.2) is 24.3 Å². The second-order valence-corrected chi connectivity index (χ2v) is 3.52. The molecule has 1 aliphatic rings. The number of hydrogen-bond donors (Lipinski definition) is 1. The van der Waals surface area contributed by atoms with Crippen molar-refractivity contribution in [2.24, 2.45) is 5.92 Å². The summed E-state index contributed by atoms with van der Waals surface area (Å²) in [6, 6.07) is 9.23. The van der Waals surface area contributed by atoms with Crippen molar-refractivity contribution < 1.29 is 5.11 Å². The maximum Gasteiger partial charge on any atom is 0.0991 e. The number of aliphatic hydroxyl groups is 1. The van der Waals surface area contributed by atoms with Crippen molar-refractivity contribution in [3.05, 3.63) is 35.4 Å². The van der Waals surface area contributed by atoms with Crippen LogP contribution in [-0.4, -0.2) is 5.11 Å². The molecule has 1 fully saturated rings. The van der Waals surface area contributed by atoms with Gasteiger partial charge in [-0.1, -0.05) is 12.1 Å². The highest BCUT2D eigenvalue weighted by Crippen LogP contribution is 2.40. The fourth-order valence-corrected chi connectivity index (χ4v) is 1.44. The first-order chi connectivity index (χ1) is 6.31. The van der Waals surface area contributed by atoms with Gasteiger partial charge >= 0.3 is 0 Å². The van der Waals surface area contributed by atoms with Crippen LogP contribution in [0.5, 0.6) is 0 Å². The van der Waals surface area contributed by atoms with E-state index in [4.69, 9.17) is 5.26 Å². The molecule has 1 N–H and O–H groups in total. The molecule has 1 aromatic rings. The molecule has 0 amide bonds. The lowest BCUT2D eigenvalue weighted by atomic mass is 10.0. The van der Waals surface area contributed by atoms with E-state index >= 15 is 0 Å². The number of nitrogens with zero attached hydrogens (tertiary/aromatic N) is 1. The average molecular weight is 173 g/mol. The van der Waals surface area contributed by atoms with Crippen LogP contribution in [0.1, 0.15) is 30.1 Å². The zero-order valence-corrected chi connectivity index (χ0v) is 7.27. The van der Waals surface area contributed by atoms with Crippen LogP contribution >= 0.6 is 0 Å². The summed E-state index contributed by atoms with van der Waals surface area (Å²) in [5.74, 6) is 0.452. The van der Waals surface area contributed by atoms with Gasteiger partial charge in [-0.2, -0.15) is 5.26 Å². The predicted octanol–water partition coefficient (Wildman–Crippen LogP) is 2.00. The normalized spacial score (nSPS) is 17.8. The molecule has 66 valence electrons. The maximum absolute atomic E-state index is 9.74. The molecule has 0 heterocycles. The Morgan fingerprint density at radius 2 is 1.92 bits per heavy atom. The molecule has 0 bridgehead atoms. The van der Waals surface area contributed by atoms with Crippen LogP contribution in [0.2, 0.25) is 0 Å². The largest absolute Gasteiger partial charge is 0.388 e. The van der Waals surface area contributed by atoms with Crippen molar-refractivity contribution in [1.82, 2.24) is 0 Å². The van der Waals surface area contributed by atoms with Crippen LogP contribution in [0.4, 0.5) is 0 Å². The van der Waals surface area contributed by atoms with E-state index in [9.17, 15) is 5.11 Å². The first kappa shape index (κ1) is 8.28. The lowest BCUT2D eigenvalue weighted by molar-refractivity contribution is 0.154. The third-order valence-electron chi connectivity index (χ3n) is 2.45. The van der Waals surface area contributed by atoms with Crippen LogP contribution in [0, 0.1) is 17.2 Å². The van der Waals surface area contributed by atoms with Crippen LogP contribution in [-0.2, 0) is 0 Å². The van der Waals surface area contributed by atoms with Crippen molar-refractivity contribution in [2.45, 2.75) is 18.9 Å². The average Bonchev–Trinajstić information content (AvgIpc) is 3.00. The molecule has 0 radical (unpaired) electrons. The second-order valence-electron chi connectivity index (χ2n) is 3.52. The van der Waals surface area contributed by atoms with Crippen molar-refractivity contribution in [1.29, 1.82) is 5.26 Å². The van der Waals surface area contributed by atoms with E-state index in [1.807, 2.05) is 12.1 Å². The maximum atomic E-state index is 9.74. The zero-order chi connectivity index (χ0) is 9.26. The van der Waals surface area contributed by atoms with E-state index in [0.29, 0.717) is 11.5 Å². The summed E-state index contributed by atoms with van der Waals surface area (Å²) < 4.78 is 0. The summed E-state index contributed by atoms with van der Waals surface area (Å²) in [5, 5.41) is 18.3. The summed E-state index contributed by atoms with van der Waals surface area (Å²) >= 11 is 0. The van der Waals surface area contributed by atoms with Crippen LogP contribution in [0.25, 0.3) is 0 Å². The lowest BCUT2D eigenvalue weighted by Crippen LogP contribution is -1.98. The summed E-state index contributed by atoms with van der Waals surface area (Å²) in [6.07, 6.45) is 1.93. The Kier molecular flexibility index (Phi) is 2.03. The van der Waals surface area contributed by atoms with Gasteiger partial charge in [0.05, 0.1) is 17.7 Å². The molecule has 1 aromatic carbocycles. The van der Waals surface area contributed by atoms with Gasteiger partial charge in [0.1, 0.15) is 0 Å². The summed E-state index contributed by atoms with van der Waals surface area (Å²) in [5.41, 5.74) is 1.58. The number of hydrogen-bond acceptors (Lipinski definition) is 2. The lowest BCUT2D eigenvalue weighted by Gasteiger charge is -2.08. The van der Waals surface area contributed by atoms with Gasteiger partial charge in [-0.3, -0.25) is 0 Å². The Bertz CT molecular complexity index is 332. The van der Waals surface area contributed by atoms with Gasteiger partial charge in [0.15, 0.2) is 0 Å². The molecular weight excluding hydrogens is 162 g/mol. The number of nitriles is 1. The SMILES string of the molecule is N#Cc1ccc(C(O)C2CC2)cc1. The van der Waals surface area contributed by atoms with Gasteiger partial charge in [-0.15, -0.1) is 0 Å². The first-order valence-corrected chi connectivity index (χ1v) is 4.49. The van der Waals surface area contributed by atoms with E-state index in [-0.39, 0.29) is 6.10 Å². The van der Waals surface area contributed by atoms with Gasteiger partial charge in [0, 0.05) is 0 Å². The Labute approximate surface area is 77.4 Å². The van der Waals surface area contributed by atoms with Crippen molar-refractivity contribution in [3.63, 3.8) is 0 Å². The fourth-order valence-electron chi connectivity index (χ4n) is 1.44. The topological polar surface area (TPSA) is 44.0 Å². The number of rotatable bonds is 2. The third-order valence-corrected chi connectivity index (χ3v) is 2.45. The summed E-state index contributed by atoms with van der Waals surface area (Å²) in [6.45, 7) is 0.